The Bertz CT molecular complexity index is 1180. The van der Waals surface area contributed by atoms with Crippen molar-refractivity contribution in [2.24, 2.45) is 0 Å². The Morgan fingerprint density at radius 2 is 1.32 bits per heavy atom. The highest BCUT2D eigenvalue weighted by Gasteiger charge is 2.14. The topological polar surface area (TPSA) is 13.1 Å². The molecule has 0 unspecified atom stereocenters. The number of fused-ring (bicyclic) bond motifs is 7. The van der Waals surface area contributed by atoms with Crippen LogP contribution >= 0.6 is 0 Å². The van der Waals surface area contributed by atoms with Gasteiger partial charge in [-0.2, -0.15) is 0 Å². The second-order valence-electron chi connectivity index (χ2n) is 5.87. The zero-order valence-corrected chi connectivity index (χ0v) is 12.3. The summed E-state index contributed by atoms with van der Waals surface area (Å²) in [7, 11) is 2.15. The number of furan rings is 1. The van der Waals surface area contributed by atoms with Gasteiger partial charge in [0.25, 0.3) is 0 Å². The molecular formula is C20H13BO. The lowest BCUT2D eigenvalue weighted by Crippen LogP contribution is -2.02. The smallest absolute Gasteiger partial charge is 0.140 e. The van der Waals surface area contributed by atoms with E-state index in [1.54, 1.807) is 0 Å². The highest BCUT2D eigenvalue weighted by atomic mass is 16.3. The highest BCUT2D eigenvalue weighted by molar-refractivity contribution is 6.42. The average molecular weight is 280 g/mol. The molecule has 2 heteroatoms. The molecule has 0 fully saturated rings. The van der Waals surface area contributed by atoms with Crippen molar-refractivity contribution < 1.29 is 4.42 Å². The lowest BCUT2D eigenvalue weighted by Gasteiger charge is -2.04. The Morgan fingerprint density at radius 3 is 2.18 bits per heavy atom. The van der Waals surface area contributed by atoms with Gasteiger partial charge in [-0.15, -0.1) is 0 Å². The van der Waals surface area contributed by atoms with E-state index in [1.165, 1.54) is 37.8 Å². The quantitative estimate of drug-likeness (QED) is 0.388. The molecule has 5 rings (SSSR count). The molecule has 5 aromatic rings. The van der Waals surface area contributed by atoms with Crippen LogP contribution in [0, 0.1) is 0 Å². The predicted octanol–water partition coefficient (Wildman–Crippen LogP) is 4.15. The first-order valence-electron chi connectivity index (χ1n) is 7.55. The molecule has 102 valence electrons. The molecular weight excluding hydrogens is 267 g/mol. The van der Waals surface area contributed by atoms with Gasteiger partial charge in [-0.1, -0.05) is 60.1 Å². The SMILES string of the molecule is Bc1cc2oc3ccc4ccccc4c3c2c2ccccc12. The summed E-state index contributed by atoms with van der Waals surface area (Å²) < 4.78 is 6.15. The van der Waals surface area contributed by atoms with Gasteiger partial charge in [-0.25, -0.2) is 0 Å². The van der Waals surface area contributed by atoms with Crippen LogP contribution in [-0.4, -0.2) is 7.85 Å². The number of hydrogen-bond acceptors (Lipinski definition) is 1. The fourth-order valence-electron chi connectivity index (χ4n) is 3.58. The van der Waals surface area contributed by atoms with Crippen molar-refractivity contribution in [1.29, 1.82) is 0 Å². The maximum absolute atomic E-state index is 6.15. The molecule has 0 bridgehead atoms. The van der Waals surface area contributed by atoms with Crippen molar-refractivity contribution in [1.82, 2.24) is 0 Å². The van der Waals surface area contributed by atoms with Gasteiger partial charge < -0.3 is 4.42 Å². The Hall–Kier alpha value is -2.74. The Morgan fingerprint density at radius 1 is 0.636 bits per heavy atom. The summed E-state index contributed by atoms with van der Waals surface area (Å²) in [6.45, 7) is 0. The van der Waals surface area contributed by atoms with Gasteiger partial charge in [0, 0.05) is 10.8 Å². The van der Waals surface area contributed by atoms with Crippen LogP contribution in [0.4, 0.5) is 0 Å². The monoisotopic (exact) mass is 280 g/mol. The minimum Gasteiger partial charge on any atom is -0.456 e. The molecule has 0 radical (unpaired) electrons. The van der Waals surface area contributed by atoms with Crippen LogP contribution in [0.25, 0.3) is 43.5 Å². The Balaban J connectivity index is 2.18. The van der Waals surface area contributed by atoms with E-state index in [1.807, 2.05) is 0 Å². The average Bonchev–Trinajstić information content (AvgIpc) is 2.94. The summed E-state index contributed by atoms with van der Waals surface area (Å²) in [6, 6.07) is 23.5. The van der Waals surface area contributed by atoms with Crippen LogP contribution in [0.1, 0.15) is 0 Å². The van der Waals surface area contributed by atoms with E-state index in [4.69, 9.17) is 4.42 Å². The maximum Gasteiger partial charge on any atom is 0.140 e. The van der Waals surface area contributed by atoms with Crippen LogP contribution in [0.5, 0.6) is 0 Å². The molecule has 0 amide bonds. The fraction of sp³-hybridized carbons (Fsp3) is 0. The first-order chi connectivity index (χ1) is 10.8. The van der Waals surface area contributed by atoms with Gasteiger partial charge in [0.1, 0.15) is 19.0 Å². The zero-order chi connectivity index (χ0) is 14.7. The molecule has 0 N–H and O–H groups in total. The van der Waals surface area contributed by atoms with Gasteiger partial charge in [-0.3, -0.25) is 0 Å². The normalized spacial score (nSPS) is 11.8. The molecule has 4 aromatic carbocycles. The second-order valence-corrected chi connectivity index (χ2v) is 5.87. The predicted molar refractivity (Wildman–Crippen MR) is 96.9 cm³/mol. The maximum atomic E-state index is 6.15. The van der Waals surface area contributed by atoms with E-state index in [0.717, 1.165) is 11.2 Å². The molecule has 0 saturated carbocycles. The first kappa shape index (κ1) is 11.9. The van der Waals surface area contributed by atoms with Crippen molar-refractivity contribution in [3.8, 4) is 0 Å². The zero-order valence-electron chi connectivity index (χ0n) is 12.3. The van der Waals surface area contributed by atoms with E-state index in [0.29, 0.717) is 0 Å². The summed E-state index contributed by atoms with van der Waals surface area (Å²) in [4.78, 5) is 0. The third-order valence-electron chi connectivity index (χ3n) is 4.58. The van der Waals surface area contributed by atoms with E-state index >= 15 is 0 Å². The van der Waals surface area contributed by atoms with Gasteiger partial charge >= 0.3 is 0 Å². The van der Waals surface area contributed by atoms with Crippen molar-refractivity contribution in [3.05, 3.63) is 66.7 Å². The molecule has 1 nitrogen and oxygen atoms in total. The molecule has 0 spiro atoms. The lowest BCUT2D eigenvalue weighted by molar-refractivity contribution is 0.670. The van der Waals surface area contributed by atoms with Crippen molar-refractivity contribution in [2.45, 2.75) is 0 Å². The van der Waals surface area contributed by atoms with Crippen LogP contribution in [0.15, 0.2) is 71.1 Å². The van der Waals surface area contributed by atoms with Crippen molar-refractivity contribution in [3.63, 3.8) is 0 Å². The van der Waals surface area contributed by atoms with Crippen LogP contribution in [0.3, 0.4) is 0 Å². The van der Waals surface area contributed by atoms with E-state index in [2.05, 4.69) is 74.6 Å². The Kier molecular flexibility index (Phi) is 2.23. The summed E-state index contributed by atoms with van der Waals surface area (Å²) in [6.07, 6.45) is 0. The van der Waals surface area contributed by atoms with Gasteiger partial charge in [0.05, 0.1) is 0 Å². The minimum absolute atomic E-state index is 0.962. The van der Waals surface area contributed by atoms with E-state index < -0.39 is 0 Å². The van der Waals surface area contributed by atoms with Crippen LogP contribution < -0.4 is 5.46 Å². The van der Waals surface area contributed by atoms with Crippen LogP contribution in [0.2, 0.25) is 0 Å². The minimum atomic E-state index is 0.962. The number of benzene rings is 4. The van der Waals surface area contributed by atoms with Crippen molar-refractivity contribution in [2.75, 3.05) is 0 Å². The number of rotatable bonds is 0. The molecule has 0 atom stereocenters. The van der Waals surface area contributed by atoms with E-state index in [-0.39, 0.29) is 0 Å². The summed E-state index contributed by atoms with van der Waals surface area (Å²) >= 11 is 0. The van der Waals surface area contributed by atoms with E-state index in [9.17, 15) is 0 Å². The third kappa shape index (κ3) is 1.44. The summed E-state index contributed by atoms with van der Waals surface area (Å²) in [5.74, 6) is 0. The van der Waals surface area contributed by atoms with Gasteiger partial charge in [0.15, 0.2) is 0 Å². The standard InChI is InChI=1S/C20H13BO/c21-16-11-18-20(15-8-4-3-7-14(15)16)19-13-6-2-1-5-12(13)9-10-17(19)22-18/h1-11H,21H2. The fourth-order valence-corrected chi connectivity index (χ4v) is 3.58. The largest absolute Gasteiger partial charge is 0.456 e. The van der Waals surface area contributed by atoms with Gasteiger partial charge in [-0.05, 0) is 33.7 Å². The molecule has 1 aromatic heterocycles. The van der Waals surface area contributed by atoms with Crippen LogP contribution in [-0.2, 0) is 0 Å². The molecule has 0 aliphatic heterocycles. The lowest BCUT2D eigenvalue weighted by atomic mass is 9.88. The molecule has 0 saturated heterocycles. The second kappa shape index (κ2) is 4.14. The number of hydrogen-bond donors (Lipinski definition) is 0. The molecule has 0 aliphatic rings. The van der Waals surface area contributed by atoms with Crippen molar-refractivity contribution >= 4 is 56.8 Å². The first-order valence-corrected chi connectivity index (χ1v) is 7.55. The van der Waals surface area contributed by atoms with Gasteiger partial charge in [0.2, 0.25) is 0 Å². The molecule has 1 heterocycles. The highest BCUT2D eigenvalue weighted by Crippen LogP contribution is 2.37. The molecule has 0 aliphatic carbocycles. The Labute approximate surface area is 128 Å². The summed E-state index contributed by atoms with van der Waals surface area (Å²) in [5.41, 5.74) is 3.19. The summed E-state index contributed by atoms with van der Waals surface area (Å²) in [5, 5.41) is 7.53. The molecule has 22 heavy (non-hydrogen) atoms. The third-order valence-corrected chi connectivity index (χ3v) is 4.58.